The molecule has 1 aliphatic heterocycles. The molecule has 156 valence electrons. The van der Waals surface area contributed by atoms with Gasteiger partial charge in [-0.05, 0) is 69.1 Å². The van der Waals surface area contributed by atoms with Crippen LogP contribution in [0.1, 0.15) is 66.2 Å². The molecule has 0 aromatic rings. The Hall–Kier alpha value is -1.03. The maximum atomic E-state index is 13.2. The van der Waals surface area contributed by atoms with Crippen LogP contribution in [0.5, 0.6) is 0 Å². The summed E-state index contributed by atoms with van der Waals surface area (Å²) >= 11 is 6.45. The Morgan fingerprint density at radius 1 is 1.14 bits per heavy atom. The van der Waals surface area contributed by atoms with Crippen LogP contribution in [0.15, 0.2) is 10.7 Å². The molecule has 1 heterocycles. The molecule has 3 fully saturated rings. The smallest absolute Gasteiger partial charge is 0.226 e. The SMILES string of the molecule is CCN(CC)C(=O)[C@H]1CCC2C3CNC4=C(Cl)C(=O)CC[C@]4(C)C3CC[C@@]21C. The lowest BCUT2D eigenvalue weighted by Gasteiger charge is -2.58. The van der Waals surface area contributed by atoms with Gasteiger partial charge in [0.15, 0.2) is 5.78 Å². The summed E-state index contributed by atoms with van der Waals surface area (Å²) in [5.74, 6) is 2.34. The van der Waals surface area contributed by atoms with Gasteiger partial charge in [-0.2, -0.15) is 0 Å². The molecule has 3 unspecified atom stereocenters. The molecular formula is C23H35ClN2O2. The van der Waals surface area contributed by atoms with E-state index in [1.807, 2.05) is 4.90 Å². The highest BCUT2D eigenvalue weighted by Crippen LogP contribution is 2.64. The van der Waals surface area contributed by atoms with E-state index in [0.29, 0.717) is 35.1 Å². The van der Waals surface area contributed by atoms with Crippen molar-refractivity contribution in [2.75, 3.05) is 19.6 Å². The van der Waals surface area contributed by atoms with E-state index in [4.69, 9.17) is 11.6 Å². The van der Waals surface area contributed by atoms with Crippen molar-refractivity contribution in [1.29, 1.82) is 0 Å². The van der Waals surface area contributed by atoms with Gasteiger partial charge < -0.3 is 10.2 Å². The summed E-state index contributed by atoms with van der Waals surface area (Å²) in [5, 5.41) is 4.04. The van der Waals surface area contributed by atoms with Crippen LogP contribution in [0.4, 0.5) is 0 Å². The number of amides is 1. The second-order valence-electron chi connectivity index (χ2n) is 9.97. The van der Waals surface area contributed by atoms with E-state index in [9.17, 15) is 9.59 Å². The zero-order valence-corrected chi connectivity index (χ0v) is 18.6. The van der Waals surface area contributed by atoms with Crippen molar-refractivity contribution in [1.82, 2.24) is 10.2 Å². The molecule has 0 aromatic heterocycles. The molecule has 0 aromatic carbocycles. The number of carbonyl (C=O) groups excluding carboxylic acids is 2. The predicted octanol–water partition coefficient (Wildman–Crippen LogP) is 4.34. The van der Waals surface area contributed by atoms with Crippen LogP contribution in [0.3, 0.4) is 0 Å². The summed E-state index contributed by atoms with van der Waals surface area (Å²) in [6.45, 7) is 11.4. The largest absolute Gasteiger partial charge is 0.386 e. The van der Waals surface area contributed by atoms with Crippen molar-refractivity contribution in [3.63, 3.8) is 0 Å². The molecule has 0 spiro atoms. The third kappa shape index (κ3) is 2.69. The van der Waals surface area contributed by atoms with Crippen molar-refractivity contribution < 1.29 is 9.59 Å². The molecule has 2 saturated carbocycles. The van der Waals surface area contributed by atoms with Gasteiger partial charge in [0.05, 0.1) is 0 Å². The normalized spacial score (nSPS) is 42.4. The van der Waals surface area contributed by atoms with E-state index in [1.165, 1.54) is 0 Å². The van der Waals surface area contributed by atoms with Gasteiger partial charge >= 0.3 is 0 Å². The molecule has 1 amide bonds. The summed E-state index contributed by atoms with van der Waals surface area (Å²) in [6, 6.07) is 0. The van der Waals surface area contributed by atoms with Crippen molar-refractivity contribution in [2.45, 2.75) is 66.2 Å². The van der Waals surface area contributed by atoms with E-state index in [0.717, 1.165) is 57.4 Å². The van der Waals surface area contributed by atoms with Crippen molar-refractivity contribution >= 4 is 23.3 Å². The van der Waals surface area contributed by atoms with Crippen LogP contribution in [-0.2, 0) is 9.59 Å². The molecule has 0 bridgehead atoms. The van der Waals surface area contributed by atoms with Crippen LogP contribution in [0.2, 0.25) is 0 Å². The first-order valence-electron chi connectivity index (χ1n) is 11.2. The number of ketones is 1. The van der Waals surface area contributed by atoms with E-state index in [1.54, 1.807) is 0 Å². The molecule has 28 heavy (non-hydrogen) atoms. The number of halogens is 1. The van der Waals surface area contributed by atoms with Gasteiger partial charge in [0.1, 0.15) is 5.03 Å². The Morgan fingerprint density at radius 2 is 1.86 bits per heavy atom. The molecule has 4 rings (SSSR count). The molecule has 3 aliphatic carbocycles. The number of hydrogen-bond donors (Lipinski definition) is 1. The lowest BCUT2D eigenvalue weighted by molar-refractivity contribution is -0.142. The number of hydrogen-bond acceptors (Lipinski definition) is 3. The zero-order valence-electron chi connectivity index (χ0n) is 17.8. The molecule has 4 aliphatic rings. The summed E-state index contributed by atoms with van der Waals surface area (Å²) in [6.07, 6.45) is 5.90. The molecule has 0 radical (unpaired) electrons. The fraction of sp³-hybridized carbons (Fsp3) is 0.826. The van der Waals surface area contributed by atoms with Crippen LogP contribution in [0, 0.1) is 34.5 Å². The van der Waals surface area contributed by atoms with E-state index in [2.05, 4.69) is 33.0 Å². The molecule has 5 heteroatoms. The average Bonchev–Trinajstić information content (AvgIpc) is 3.03. The van der Waals surface area contributed by atoms with Crippen LogP contribution < -0.4 is 5.32 Å². The number of nitrogens with one attached hydrogen (secondary N) is 1. The van der Waals surface area contributed by atoms with E-state index < -0.39 is 0 Å². The number of allylic oxidation sites excluding steroid dienone is 2. The molecule has 6 atom stereocenters. The monoisotopic (exact) mass is 406 g/mol. The third-order valence-electron chi connectivity index (χ3n) is 9.05. The maximum Gasteiger partial charge on any atom is 0.226 e. The standard InChI is InChI=1S/C23H35ClN2O2/c1-5-26(6-2)21(28)17-8-7-15-14-13-25-20-19(24)18(27)10-12-23(20,4)16(14)9-11-22(15,17)3/h14-17,25H,5-13H2,1-4H3/t14?,15?,16?,17-,22+,23-/m1/s1. The third-order valence-corrected chi connectivity index (χ3v) is 9.45. The van der Waals surface area contributed by atoms with Crippen molar-refractivity contribution in [3.05, 3.63) is 10.7 Å². The van der Waals surface area contributed by atoms with Gasteiger partial charge in [0, 0.05) is 43.1 Å². The quantitative estimate of drug-likeness (QED) is 0.758. The Morgan fingerprint density at radius 3 is 2.54 bits per heavy atom. The average molecular weight is 407 g/mol. The Kier molecular flexibility index (Phi) is 5.09. The Balaban J connectivity index is 1.62. The Labute approximate surface area is 174 Å². The first kappa shape index (κ1) is 20.3. The summed E-state index contributed by atoms with van der Waals surface area (Å²) in [4.78, 5) is 27.4. The Bertz CT molecular complexity index is 715. The number of piperidine rings is 1. The lowest BCUT2D eigenvalue weighted by atomic mass is 9.50. The highest BCUT2D eigenvalue weighted by atomic mass is 35.5. The number of rotatable bonds is 3. The first-order valence-corrected chi connectivity index (χ1v) is 11.6. The summed E-state index contributed by atoms with van der Waals surface area (Å²) in [7, 11) is 0. The lowest BCUT2D eigenvalue weighted by Crippen LogP contribution is -2.57. The minimum atomic E-state index is -0.0177. The van der Waals surface area contributed by atoms with Crippen molar-refractivity contribution in [3.8, 4) is 0 Å². The van der Waals surface area contributed by atoms with Crippen LogP contribution in [-0.4, -0.2) is 36.2 Å². The molecule has 1 N–H and O–H groups in total. The van der Waals surface area contributed by atoms with Gasteiger partial charge in [0.2, 0.25) is 5.91 Å². The summed E-state index contributed by atoms with van der Waals surface area (Å²) in [5.41, 5.74) is 1.09. The fourth-order valence-corrected chi connectivity index (χ4v) is 7.77. The zero-order chi connectivity index (χ0) is 20.3. The van der Waals surface area contributed by atoms with Gasteiger partial charge in [-0.25, -0.2) is 0 Å². The molecule has 4 nitrogen and oxygen atoms in total. The fourth-order valence-electron chi connectivity index (χ4n) is 7.39. The van der Waals surface area contributed by atoms with E-state index >= 15 is 0 Å². The number of Topliss-reactive ketones (excluding diaryl/α,β-unsaturated/α-hetero) is 1. The van der Waals surface area contributed by atoms with Crippen LogP contribution >= 0.6 is 11.6 Å². The minimum absolute atomic E-state index is 0.0177. The summed E-state index contributed by atoms with van der Waals surface area (Å²) < 4.78 is 0. The second kappa shape index (κ2) is 7.04. The van der Waals surface area contributed by atoms with Gasteiger partial charge in [0.25, 0.3) is 0 Å². The maximum absolute atomic E-state index is 13.2. The van der Waals surface area contributed by atoms with Gasteiger partial charge in [-0.3, -0.25) is 9.59 Å². The predicted molar refractivity (Wildman–Crippen MR) is 112 cm³/mol. The van der Waals surface area contributed by atoms with Gasteiger partial charge in [-0.15, -0.1) is 0 Å². The molecule has 1 saturated heterocycles. The highest BCUT2D eigenvalue weighted by molar-refractivity contribution is 6.43. The first-order chi connectivity index (χ1) is 13.3. The van der Waals surface area contributed by atoms with Gasteiger partial charge in [-0.1, -0.05) is 25.4 Å². The number of nitrogens with zero attached hydrogens (tertiary/aromatic N) is 1. The van der Waals surface area contributed by atoms with Crippen molar-refractivity contribution in [2.24, 2.45) is 34.5 Å². The second-order valence-corrected chi connectivity index (χ2v) is 10.4. The topological polar surface area (TPSA) is 49.4 Å². The van der Waals surface area contributed by atoms with E-state index in [-0.39, 0.29) is 22.5 Å². The minimum Gasteiger partial charge on any atom is -0.386 e. The van der Waals surface area contributed by atoms with Crippen LogP contribution in [0.25, 0.3) is 0 Å². The highest BCUT2D eigenvalue weighted by Gasteiger charge is 2.61. The molecular weight excluding hydrogens is 372 g/mol. The number of carbonyl (C=O) groups is 2. The number of fused-ring (bicyclic) bond motifs is 5.